The summed E-state index contributed by atoms with van der Waals surface area (Å²) < 4.78 is 33.5. The van der Waals surface area contributed by atoms with Gasteiger partial charge in [0.15, 0.2) is 5.82 Å². The number of nitrogens with two attached hydrogens (primary N) is 1. The van der Waals surface area contributed by atoms with E-state index in [4.69, 9.17) is 15.0 Å². The van der Waals surface area contributed by atoms with Gasteiger partial charge in [-0.1, -0.05) is 25.9 Å². The molecule has 1 heterocycles. The molecule has 19 heavy (non-hydrogen) atoms. The molecule has 0 aromatic carbocycles. The van der Waals surface area contributed by atoms with Crippen molar-refractivity contribution in [3.63, 3.8) is 0 Å². The quantitative estimate of drug-likeness (QED) is 0.769. The van der Waals surface area contributed by atoms with Crippen LogP contribution in [0.2, 0.25) is 0 Å². The second-order valence-corrected chi connectivity index (χ2v) is 5.50. The first-order valence-corrected chi connectivity index (χ1v) is 6.22. The van der Waals surface area contributed by atoms with E-state index in [1.165, 1.54) is 0 Å². The number of aromatic nitrogens is 2. The van der Waals surface area contributed by atoms with Crippen LogP contribution in [-0.4, -0.2) is 35.8 Å². The predicted octanol–water partition coefficient (Wildman–Crippen LogP) is 1.81. The highest BCUT2D eigenvalue weighted by Gasteiger charge is 2.23. The maximum Gasteiger partial charge on any atom is 0.261 e. The maximum absolute atomic E-state index is 11.8. The summed E-state index contributed by atoms with van der Waals surface area (Å²) in [4.78, 5) is 4.16. The summed E-state index contributed by atoms with van der Waals surface area (Å²) in [5.41, 5.74) is 5.96. The fourth-order valence-corrected chi connectivity index (χ4v) is 1.30. The zero-order valence-electron chi connectivity index (χ0n) is 11.5. The van der Waals surface area contributed by atoms with Crippen LogP contribution in [0, 0.1) is 5.41 Å². The molecule has 2 N–H and O–H groups in total. The third-order valence-electron chi connectivity index (χ3n) is 2.73. The highest BCUT2D eigenvalue weighted by atomic mass is 19.3. The molecule has 1 rings (SSSR count). The number of hydrogen-bond donors (Lipinski definition) is 1. The molecule has 1 atom stereocenters. The number of hydrogen-bond acceptors (Lipinski definition) is 5. The largest absolute Gasteiger partial charge is 0.375 e. The molecule has 110 valence electrons. The van der Waals surface area contributed by atoms with Crippen molar-refractivity contribution in [1.29, 1.82) is 0 Å². The molecule has 0 amide bonds. The zero-order chi connectivity index (χ0) is 14.5. The van der Waals surface area contributed by atoms with Gasteiger partial charge in [0, 0.05) is 18.9 Å². The molecule has 0 aliphatic carbocycles. The monoisotopic (exact) mass is 277 g/mol. The summed E-state index contributed by atoms with van der Waals surface area (Å²) in [6.07, 6.45) is -1.61. The third-order valence-corrected chi connectivity index (χ3v) is 2.73. The van der Waals surface area contributed by atoms with Crippen LogP contribution >= 0.6 is 0 Å². The smallest absolute Gasteiger partial charge is 0.261 e. The van der Waals surface area contributed by atoms with Crippen LogP contribution in [0.1, 0.15) is 32.5 Å². The average molecular weight is 277 g/mol. The zero-order valence-corrected chi connectivity index (χ0v) is 11.5. The fraction of sp³-hybridized carbons (Fsp3) is 0.833. The lowest BCUT2D eigenvalue weighted by Crippen LogP contribution is -2.37. The Morgan fingerprint density at radius 2 is 2.05 bits per heavy atom. The van der Waals surface area contributed by atoms with Gasteiger partial charge >= 0.3 is 0 Å². The second-order valence-electron chi connectivity index (χ2n) is 5.50. The van der Waals surface area contributed by atoms with Crippen molar-refractivity contribution in [1.82, 2.24) is 10.1 Å². The minimum absolute atomic E-state index is 0.0466. The average Bonchev–Trinajstić information content (AvgIpc) is 2.70. The molecule has 0 saturated carbocycles. The van der Waals surface area contributed by atoms with Gasteiger partial charge in [-0.05, 0) is 5.41 Å². The summed E-state index contributed by atoms with van der Waals surface area (Å²) in [6, 6.07) is -0.0871. The van der Waals surface area contributed by atoms with Crippen molar-refractivity contribution in [2.24, 2.45) is 11.1 Å². The van der Waals surface area contributed by atoms with Crippen LogP contribution in [0.25, 0.3) is 0 Å². The van der Waals surface area contributed by atoms with Crippen molar-refractivity contribution in [3.05, 3.63) is 11.7 Å². The second kappa shape index (κ2) is 6.91. The molecule has 1 aromatic rings. The van der Waals surface area contributed by atoms with Crippen LogP contribution in [0.15, 0.2) is 4.52 Å². The van der Waals surface area contributed by atoms with Crippen LogP contribution < -0.4 is 5.73 Å². The van der Waals surface area contributed by atoms with Gasteiger partial charge in [0.05, 0.1) is 6.61 Å². The summed E-state index contributed by atoms with van der Waals surface area (Å²) in [5, 5.41) is 3.76. The SMILES string of the molecule is CC(C)(C)C(N)Cc1nc(CCOCC(F)F)no1. The topological polar surface area (TPSA) is 74.2 Å². The number of nitrogens with zero attached hydrogens (tertiary/aromatic N) is 2. The molecule has 1 aromatic heterocycles. The molecule has 0 aliphatic heterocycles. The Morgan fingerprint density at radius 3 is 2.63 bits per heavy atom. The Bertz CT molecular complexity index is 377. The van der Waals surface area contributed by atoms with Gasteiger partial charge in [0.2, 0.25) is 5.89 Å². The highest BCUT2D eigenvalue weighted by Crippen LogP contribution is 2.20. The lowest BCUT2D eigenvalue weighted by molar-refractivity contribution is 0.0182. The van der Waals surface area contributed by atoms with Gasteiger partial charge < -0.3 is 15.0 Å². The lowest BCUT2D eigenvalue weighted by Gasteiger charge is -2.25. The van der Waals surface area contributed by atoms with Gasteiger partial charge in [-0.3, -0.25) is 0 Å². The van der Waals surface area contributed by atoms with E-state index in [0.717, 1.165) is 0 Å². The number of alkyl halides is 2. The minimum Gasteiger partial charge on any atom is -0.375 e. The summed E-state index contributed by atoms with van der Waals surface area (Å²) in [6.45, 7) is 5.68. The van der Waals surface area contributed by atoms with E-state index in [1.807, 2.05) is 20.8 Å². The lowest BCUT2D eigenvalue weighted by atomic mass is 9.85. The van der Waals surface area contributed by atoms with E-state index in [0.29, 0.717) is 24.6 Å². The van der Waals surface area contributed by atoms with E-state index < -0.39 is 13.0 Å². The first-order valence-electron chi connectivity index (χ1n) is 6.22. The van der Waals surface area contributed by atoms with Crippen LogP contribution in [0.3, 0.4) is 0 Å². The molecule has 0 spiro atoms. The summed E-state index contributed by atoms with van der Waals surface area (Å²) >= 11 is 0. The van der Waals surface area contributed by atoms with E-state index >= 15 is 0 Å². The summed E-state index contributed by atoms with van der Waals surface area (Å²) in [7, 11) is 0. The first-order chi connectivity index (χ1) is 8.79. The minimum atomic E-state index is -2.45. The van der Waals surface area contributed by atoms with Gasteiger partial charge in [-0.2, -0.15) is 4.98 Å². The fourth-order valence-electron chi connectivity index (χ4n) is 1.30. The summed E-state index contributed by atoms with van der Waals surface area (Å²) in [5.74, 6) is 0.914. The van der Waals surface area contributed by atoms with Crippen molar-refractivity contribution < 1.29 is 18.0 Å². The molecule has 1 unspecified atom stereocenters. The molecule has 7 heteroatoms. The van der Waals surface area contributed by atoms with Crippen LogP contribution in [0.4, 0.5) is 8.78 Å². The Labute approximate surface area is 111 Å². The molecule has 0 aliphatic rings. The van der Waals surface area contributed by atoms with Crippen molar-refractivity contribution in [2.45, 2.75) is 46.1 Å². The van der Waals surface area contributed by atoms with Crippen molar-refractivity contribution in [2.75, 3.05) is 13.2 Å². The highest BCUT2D eigenvalue weighted by molar-refractivity contribution is 4.92. The predicted molar refractivity (Wildman–Crippen MR) is 66.0 cm³/mol. The van der Waals surface area contributed by atoms with Gasteiger partial charge in [0.25, 0.3) is 6.43 Å². The Balaban J connectivity index is 2.36. The normalized spacial score (nSPS) is 14.1. The number of ether oxygens (including phenoxy) is 1. The number of rotatable bonds is 7. The van der Waals surface area contributed by atoms with E-state index in [-0.39, 0.29) is 18.1 Å². The molecule has 0 saturated heterocycles. The van der Waals surface area contributed by atoms with Crippen molar-refractivity contribution in [3.8, 4) is 0 Å². The van der Waals surface area contributed by atoms with Gasteiger partial charge in [-0.25, -0.2) is 8.78 Å². The van der Waals surface area contributed by atoms with E-state index in [2.05, 4.69) is 10.1 Å². The van der Waals surface area contributed by atoms with Gasteiger partial charge in [0.1, 0.15) is 6.61 Å². The third kappa shape index (κ3) is 6.07. The Morgan fingerprint density at radius 1 is 1.37 bits per heavy atom. The Kier molecular flexibility index (Phi) is 5.81. The maximum atomic E-state index is 11.8. The Hall–Kier alpha value is -1.08. The molecule has 0 bridgehead atoms. The molecular weight excluding hydrogens is 256 g/mol. The van der Waals surface area contributed by atoms with Crippen molar-refractivity contribution >= 4 is 0 Å². The van der Waals surface area contributed by atoms with E-state index in [1.54, 1.807) is 0 Å². The standard InChI is InChI=1S/C12H21F2N3O2/c1-12(2,3)8(15)6-11-16-10(17-19-11)4-5-18-7-9(13)14/h8-9H,4-7,15H2,1-3H3. The first kappa shape index (κ1) is 16.0. The molecule has 0 fully saturated rings. The molecule has 5 nitrogen and oxygen atoms in total. The van der Waals surface area contributed by atoms with Gasteiger partial charge in [-0.15, -0.1) is 0 Å². The number of halogens is 2. The molecular formula is C12H21F2N3O2. The van der Waals surface area contributed by atoms with Crippen LogP contribution in [-0.2, 0) is 17.6 Å². The van der Waals surface area contributed by atoms with Crippen LogP contribution in [0.5, 0.6) is 0 Å². The molecule has 0 radical (unpaired) electrons. The van der Waals surface area contributed by atoms with E-state index in [9.17, 15) is 8.78 Å².